The number of carbonyl (C=O) groups excluding carboxylic acids is 3. The van der Waals surface area contributed by atoms with Gasteiger partial charge in [-0.2, -0.15) is 0 Å². The number of hydrogen-bond acceptors (Lipinski definition) is 3. The molecule has 6 heteroatoms. The van der Waals surface area contributed by atoms with Crippen molar-refractivity contribution in [3.8, 4) is 0 Å². The number of nitrogens with one attached hydrogen (secondary N) is 2. The Hall–Kier alpha value is -2.37. The van der Waals surface area contributed by atoms with Gasteiger partial charge < -0.3 is 10.6 Å². The van der Waals surface area contributed by atoms with Gasteiger partial charge >= 0.3 is 6.03 Å². The summed E-state index contributed by atoms with van der Waals surface area (Å²) < 4.78 is 0. The first-order chi connectivity index (χ1) is 15.0. The minimum absolute atomic E-state index is 0.194. The van der Waals surface area contributed by atoms with Crippen LogP contribution in [0.2, 0.25) is 0 Å². The van der Waals surface area contributed by atoms with Crippen molar-refractivity contribution >= 4 is 17.8 Å². The molecule has 0 unspecified atom stereocenters. The minimum Gasteiger partial charge on any atom is -0.354 e. The number of amides is 4. The van der Waals surface area contributed by atoms with Crippen LogP contribution >= 0.6 is 0 Å². The molecule has 2 N–H and O–H groups in total. The number of urea groups is 1. The van der Waals surface area contributed by atoms with Crippen LogP contribution in [0, 0.1) is 23.2 Å². The number of imide groups is 1. The molecule has 4 bridgehead atoms. The van der Waals surface area contributed by atoms with Crippen molar-refractivity contribution in [2.24, 2.45) is 23.2 Å². The normalized spacial score (nSPS) is 37.8. The molecule has 1 aromatic rings. The number of rotatable bonds is 4. The highest BCUT2D eigenvalue weighted by Gasteiger charge is 2.54. The van der Waals surface area contributed by atoms with Crippen LogP contribution in [0.3, 0.4) is 0 Å². The van der Waals surface area contributed by atoms with Crippen LogP contribution in [0.4, 0.5) is 4.79 Å². The van der Waals surface area contributed by atoms with E-state index in [1.807, 2.05) is 24.3 Å². The van der Waals surface area contributed by atoms with Gasteiger partial charge in [0.1, 0.15) is 12.1 Å². The van der Waals surface area contributed by atoms with Crippen LogP contribution in [0.15, 0.2) is 24.3 Å². The van der Waals surface area contributed by atoms with Crippen LogP contribution in [-0.2, 0) is 21.5 Å². The SMILES string of the molecule is O=C(CN1C(=O)N[C@@]2(CCCc3ccccc32)C1=O)NCC12CC3CC(CC(C3)C1)C2. The summed E-state index contributed by atoms with van der Waals surface area (Å²) in [5.74, 6) is 2.00. The highest BCUT2D eigenvalue weighted by Crippen LogP contribution is 2.59. The molecule has 1 aromatic carbocycles. The standard InChI is InChI=1S/C25H31N3O3/c29-21(26-15-24-11-16-8-17(12-24)10-18(9-16)13-24)14-28-22(30)25(27-23(28)31)7-3-5-19-4-1-2-6-20(19)25/h1-2,4,6,16-18H,3,5,7-15H2,(H,26,29)(H,27,31)/t16?,17?,18?,24?,25-/m1/s1. The van der Waals surface area contributed by atoms with Crippen LogP contribution in [0.5, 0.6) is 0 Å². The Morgan fingerprint density at radius 3 is 2.45 bits per heavy atom. The van der Waals surface area contributed by atoms with Gasteiger partial charge in [0.15, 0.2) is 0 Å². The Morgan fingerprint density at radius 1 is 1.06 bits per heavy atom. The average molecular weight is 422 g/mol. The van der Waals surface area contributed by atoms with Gasteiger partial charge in [0.2, 0.25) is 5.91 Å². The van der Waals surface area contributed by atoms with Crippen LogP contribution in [-0.4, -0.2) is 35.8 Å². The predicted octanol–water partition coefficient (Wildman–Crippen LogP) is 3.10. The zero-order chi connectivity index (χ0) is 21.2. The fraction of sp³-hybridized carbons (Fsp3) is 0.640. The van der Waals surface area contributed by atoms with Crippen molar-refractivity contribution in [1.29, 1.82) is 0 Å². The molecule has 0 aromatic heterocycles. The highest BCUT2D eigenvalue weighted by atomic mass is 16.2. The molecule has 31 heavy (non-hydrogen) atoms. The van der Waals surface area contributed by atoms with E-state index in [2.05, 4.69) is 10.6 Å². The summed E-state index contributed by atoms with van der Waals surface area (Å²) in [6, 6.07) is 7.38. The molecular formula is C25H31N3O3. The zero-order valence-electron chi connectivity index (χ0n) is 18.0. The van der Waals surface area contributed by atoms with E-state index in [0.717, 1.165) is 46.6 Å². The van der Waals surface area contributed by atoms with Crippen molar-refractivity contribution in [3.63, 3.8) is 0 Å². The third-order valence-corrected chi connectivity index (χ3v) is 8.78. The Balaban J connectivity index is 1.14. The fourth-order valence-electron chi connectivity index (χ4n) is 7.95. The van der Waals surface area contributed by atoms with E-state index in [-0.39, 0.29) is 23.8 Å². The number of benzene rings is 1. The van der Waals surface area contributed by atoms with Crippen LogP contribution < -0.4 is 10.6 Å². The minimum atomic E-state index is -1.01. The number of fused-ring (bicyclic) bond motifs is 2. The van der Waals surface area contributed by atoms with Crippen LogP contribution in [0.25, 0.3) is 0 Å². The van der Waals surface area contributed by atoms with Crippen molar-refractivity contribution in [2.45, 2.75) is 63.3 Å². The first kappa shape index (κ1) is 19.3. The van der Waals surface area contributed by atoms with Gasteiger partial charge in [0.05, 0.1) is 0 Å². The molecule has 4 amide bonds. The zero-order valence-corrected chi connectivity index (χ0v) is 18.0. The highest BCUT2D eigenvalue weighted by molar-refractivity contribution is 6.09. The molecule has 1 spiro atoms. The lowest BCUT2D eigenvalue weighted by atomic mass is 9.49. The Kier molecular flexibility index (Phi) is 4.25. The summed E-state index contributed by atoms with van der Waals surface area (Å²) in [6.07, 6.45) is 10.1. The maximum absolute atomic E-state index is 13.4. The van der Waals surface area contributed by atoms with Gasteiger partial charge in [0, 0.05) is 6.54 Å². The lowest BCUT2D eigenvalue weighted by Gasteiger charge is -2.56. The van der Waals surface area contributed by atoms with Gasteiger partial charge in [-0.15, -0.1) is 0 Å². The quantitative estimate of drug-likeness (QED) is 0.734. The maximum Gasteiger partial charge on any atom is 0.325 e. The monoisotopic (exact) mass is 421 g/mol. The van der Waals surface area contributed by atoms with E-state index in [4.69, 9.17) is 0 Å². The van der Waals surface area contributed by atoms with Crippen molar-refractivity contribution in [2.75, 3.05) is 13.1 Å². The summed E-state index contributed by atoms with van der Waals surface area (Å²) in [5, 5.41) is 6.04. The molecule has 1 saturated heterocycles. The lowest BCUT2D eigenvalue weighted by Crippen LogP contribution is -2.52. The van der Waals surface area contributed by atoms with Crippen molar-refractivity contribution in [1.82, 2.24) is 15.5 Å². The van der Waals surface area contributed by atoms with E-state index >= 15 is 0 Å². The molecule has 164 valence electrons. The number of hydrogen-bond donors (Lipinski definition) is 2. The fourth-order valence-corrected chi connectivity index (χ4v) is 7.95. The Labute approximate surface area is 183 Å². The molecule has 5 fully saturated rings. The van der Waals surface area contributed by atoms with Gasteiger partial charge in [-0.05, 0) is 92.1 Å². The van der Waals surface area contributed by atoms with Crippen LogP contribution in [0.1, 0.15) is 62.5 Å². The van der Waals surface area contributed by atoms with E-state index in [0.29, 0.717) is 13.0 Å². The first-order valence-electron chi connectivity index (χ1n) is 12.0. The van der Waals surface area contributed by atoms with E-state index in [1.165, 1.54) is 38.5 Å². The molecule has 0 radical (unpaired) electrons. The number of nitrogens with zero attached hydrogens (tertiary/aromatic N) is 1. The van der Waals surface area contributed by atoms with Crippen molar-refractivity contribution < 1.29 is 14.4 Å². The Bertz CT molecular complexity index is 922. The number of carbonyl (C=O) groups is 3. The lowest BCUT2D eigenvalue weighted by molar-refractivity contribution is -0.136. The molecule has 6 aliphatic rings. The molecule has 5 aliphatic carbocycles. The maximum atomic E-state index is 13.4. The van der Waals surface area contributed by atoms with E-state index < -0.39 is 11.6 Å². The molecule has 1 aliphatic heterocycles. The number of aryl methyl sites for hydroxylation is 1. The topological polar surface area (TPSA) is 78.5 Å². The molecule has 7 rings (SSSR count). The molecule has 4 saturated carbocycles. The van der Waals surface area contributed by atoms with E-state index in [9.17, 15) is 14.4 Å². The van der Waals surface area contributed by atoms with Crippen molar-refractivity contribution in [3.05, 3.63) is 35.4 Å². The molecule has 1 heterocycles. The summed E-state index contributed by atoms with van der Waals surface area (Å²) in [7, 11) is 0. The smallest absolute Gasteiger partial charge is 0.325 e. The summed E-state index contributed by atoms with van der Waals surface area (Å²) in [6.45, 7) is 0.494. The predicted molar refractivity (Wildman–Crippen MR) is 115 cm³/mol. The third kappa shape index (κ3) is 3.01. The van der Waals surface area contributed by atoms with Gasteiger partial charge in [-0.25, -0.2) is 4.79 Å². The average Bonchev–Trinajstić information content (AvgIpc) is 2.96. The first-order valence-corrected chi connectivity index (χ1v) is 12.0. The Morgan fingerprint density at radius 2 is 1.74 bits per heavy atom. The van der Waals surface area contributed by atoms with Gasteiger partial charge in [0.25, 0.3) is 5.91 Å². The molecule has 1 atom stereocenters. The summed E-state index contributed by atoms with van der Waals surface area (Å²) in [5.41, 5.74) is 1.23. The summed E-state index contributed by atoms with van der Waals surface area (Å²) >= 11 is 0. The molecular weight excluding hydrogens is 390 g/mol. The third-order valence-electron chi connectivity index (χ3n) is 8.78. The summed E-state index contributed by atoms with van der Waals surface area (Å²) in [4.78, 5) is 40.1. The van der Waals surface area contributed by atoms with Gasteiger partial charge in [-0.1, -0.05) is 24.3 Å². The molecule has 6 nitrogen and oxygen atoms in total. The van der Waals surface area contributed by atoms with Gasteiger partial charge in [-0.3, -0.25) is 14.5 Å². The van der Waals surface area contributed by atoms with E-state index in [1.54, 1.807) is 0 Å². The second-order valence-corrected chi connectivity index (χ2v) is 10.9. The second-order valence-electron chi connectivity index (χ2n) is 10.9. The largest absolute Gasteiger partial charge is 0.354 e. The second kappa shape index (κ2) is 6.81.